The van der Waals surface area contributed by atoms with Crippen LogP contribution in [0.3, 0.4) is 0 Å². The van der Waals surface area contributed by atoms with E-state index in [1.54, 1.807) is 18.3 Å². The van der Waals surface area contributed by atoms with Gasteiger partial charge in [0.05, 0.1) is 33.1 Å². The molecule has 4 aromatic rings. The zero-order valence-corrected chi connectivity index (χ0v) is 16.8. The van der Waals surface area contributed by atoms with Crippen LogP contribution in [0.15, 0.2) is 36.8 Å². The second kappa shape index (κ2) is 8.63. The lowest BCUT2D eigenvalue weighted by molar-refractivity contribution is 0.276. The Kier molecular flexibility index (Phi) is 6.20. The molecule has 0 aliphatic heterocycles. The van der Waals surface area contributed by atoms with Gasteiger partial charge in [0.15, 0.2) is 5.82 Å². The van der Waals surface area contributed by atoms with E-state index in [1.807, 2.05) is 6.07 Å². The Balaban J connectivity index is 0.00000240. The molecule has 0 atom stereocenters. The molecule has 146 valence electrons. The molecule has 0 amide bonds. The number of halogens is 3. The number of hydrogen-bond acceptors (Lipinski definition) is 8. The molecular weight excluding hydrogens is 438 g/mol. The molecule has 7 nitrogen and oxygen atoms in total. The third-order valence-corrected chi connectivity index (χ3v) is 5.22. The van der Waals surface area contributed by atoms with E-state index in [4.69, 9.17) is 11.6 Å². The maximum absolute atomic E-state index is 13.6. The van der Waals surface area contributed by atoms with Gasteiger partial charge in [-0.05, 0) is 18.2 Å². The van der Waals surface area contributed by atoms with Gasteiger partial charge in [-0.1, -0.05) is 11.6 Å². The minimum absolute atomic E-state index is 0. The van der Waals surface area contributed by atoms with Crippen molar-refractivity contribution in [2.45, 2.75) is 6.61 Å². The van der Waals surface area contributed by atoms with Crippen LogP contribution in [-0.4, -0.2) is 25.0 Å². The van der Waals surface area contributed by atoms with Crippen molar-refractivity contribution in [1.29, 1.82) is 5.26 Å². The van der Waals surface area contributed by atoms with Crippen LogP contribution < -0.4 is 5.32 Å². The van der Waals surface area contributed by atoms with Crippen molar-refractivity contribution in [3.63, 3.8) is 0 Å². The van der Waals surface area contributed by atoms with Crippen LogP contribution in [0, 0.1) is 17.1 Å². The number of benzene rings is 1. The first-order chi connectivity index (χ1) is 13.6. The predicted molar refractivity (Wildman–Crippen MR) is 111 cm³/mol. The van der Waals surface area contributed by atoms with Crippen molar-refractivity contribution in [2.24, 2.45) is 0 Å². The van der Waals surface area contributed by atoms with Gasteiger partial charge < -0.3 is 10.4 Å². The minimum Gasteiger partial charge on any atom is -0.390 e. The topological polar surface area (TPSA) is 108 Å². The molecule has 1 aromatic carbocycles. The Bertz CT molecular complexity index is 1240. The molecular formula is C18H11Cl2FN6OS. The molecule has 0 fully saturated rings. The molecule has 11 heteroatoms. The Hall–Kier alpha value is -2.90. The molecule has 2 N–H and O–H groups in total. The van der Waals surface area contributed by atoms with E-state index < -0.39 is 5.82 Å². The van der Waals surface area contributed by atoms with Crippen LogP contribution in [0.25, 0.3) is 20.8 Å². The van der Waals surface area contributed by atoms with Gasteiger partial charge in [0, 0.05) is 17.8 Å². The fourth-order valence-electron chi connectivity index (χ4n) is 2.60. The predicted octanol–water partition coefficient (Wildman–Crippen LogP) is 4.47. The van der Waals surface area contributed by atoms with Gasteiger partial charge in [-0.2, -0.15) is 5.26 Å². The molecule has 0 spiro atoms. The van der Waals surface area contributed by atoms with Gasteiger partial charge in [-0.15, -0.1) is 23.7 Å². The average molecular weight is 449 g/mol. The number of rotatable bonds is 4. The number of thiazole rings is 1. The highest BCUT2D eigenvalue weighted by molar-refractivity contribution is 7.22. The molecule has 3 aromatic heterocycles. The zero-order valence-electron chi connectivity index (χ0n) is 14.4. The van der Waals surface area contributed by atoms with E-state index in [0.717, 1.165) is 12.1 Å². The van der Waals surface area contributed by atoms with Crippen LogP contribution >= 0.6 is 35.3 Å². The summed E-state index contributed by atoms with van der Waals surface area (Å²) in [5.41, 5.74) is 1.59. The number of hydrogen-bond donors (Lipinski definition) is 2. The molecule has 0 saturated carbocycles. The van der Waals surface area contributed by atoms with Crippen molar-refractivity contribution < 1.29 is 9.50 Å². The summed E-state index contributed by atoms with van der Waals surface area (Å²) < 4.78 is 14.3. The first-order valence-electron chi connectivity index (χ1n) is 7.93. The highest BCUT2D eigenvalue weighted by atomic mass is 35.5. The van der Waals surface area contributed by atoms with E-state index in [-0.39, 0.29) is 29.6 Å². The summed E-state index contributed by atoms with van der Waals surface area (Å²) in [5, 5.41) is 22.2. The first kappa shape index (κ1) is 20.8. The number of nitrogens with one attached hydrogen (secondary N) is 1. The van der Waals surface area contributed by atoms with Gasteiger partial charge >= 0.3 is 0 Å². The number of aliphatic hydroxyl groups excluding tert-OH is 1. The monoisotopic (exact) mass is 448 g/mol. The Morgan fingerprint density at radius 2 is 2.07 bits per heavy atom. The largest absolute Gasteiger partial charge is 0.390 e. The van der Waals surface area contributed by atoms with Crippen LogP contribution in [-0.2, 0) is 6.61 Å². The van der Waals surface area contributed by atoms with Gasteiger partial charge in [-0.25, -0.2) is 24.3 Å². The summed E-state index contributed by atoms with van der Waals surface area (Å²) in [6, 6.07) is 7.57. The summed E-state index contributed by atoms with van der Waals surface area (Å²) in [6.45, 7) is -0.209. The molecule has 0 bridgehead atoms. The Labute approximate surface area is 179 Å². The summed E-state index contributed by atoms with van der Waals surface area (Å²) in [7, 11) is 0. The number of pyridine rings is 1. The zero-order chi connectivity index (χ0) is 19.7. The number of fused-ring (bicyclic) bond motifs is 1. The number of aromatic nitrogens is 4. The lowest BCUT2D eigenvalue weighted by atomic mass is 10.1. The molecule has 0 aliphatic rings. The van der Waals surface area contributed by atoms with Crippen LogP contribution in [0.2, 0.25) is 5.02 Å². The third-order valence-electron chi connectivity index (χ3n) is 3.83. The first-order valence-corrected chi connectivity index (χ1v) is 9.12. The molecule has 3 heterocycles. The Morgan fingerprint density at radius 1 is 1.24 bits per heavy atom. The van der Waals surface area contributed by atoms with Gasteiger partial charge in [0.1, 0.15) is 29.0 Å². The average Bonchev–Trinajstić information content (AvgIpc) is 3.12. The van der Waals surface area contributed by atoms with E-state index in [2.05, 4.69) is 25.3 Å². The SMILES string of the molecule is Cl.N#Cc1cc(F)cc(Cl)c1-c1nc2ccnc(Nc3cc(CO)ncn3)c2s1. The molecule has 0 unspecified atom stereocenters. The second-order valence-electron chi connectivity index (χ2n) is 5.63. The minimum atomic E-state index is -0.584. The fourth-order valence-corrected chi connectivity index (χ4v) is 4.03. The van der Waals surface area contributed by atoms with Gasteiger partial charge in [-0.3, -0.25) is 0 Å². The maximum atomic E-state index is 13.6. The van der Waals surface area contributed by atoms with Gasteiger partial charge in [0.25, 0.3) is 0 Å². The highest BCUT2D eigenvalue weighted by Crippen LogP contribution is 2.39. The van der Waals surface area contributed by atoms with Gasteiger partial charge in [0.2, 0.25) is 0 Å². The van der Waals surface area contributed by atoms with Crippen molar-refractivity contribution in [3.05, 3.63) is 58.9 Å². The number of aliphatic hydroxyl groups is 1. The van der Waals surface area contributed by atoms with Crippen LogP contribution in [0.1, 0.15) is 11.3 Å². The summed E-state index contributed by atoms with van der Waals surface area (Å²) in [4.78, 5) is 16.9. The standard InChI is InChI=1S/C18H10ClFN6OS.ClH/c19-12-4-10(20)3-9(6-21)15(12)18-25-13-1-2-22-17(16(13)28-18)26-14-5-11(7-27)23-8-24-14;/h1-5,8,27H,7H2,(H,22,23,24,26);1H. The lowest BCUT2D eigenvalue weighted by Gasteiger charge is -2.05. The van der Waals surface area contributed by atoms with Crippen LogP contribution in [0.5, 0.6) is 0 Å². The van der Waals surface area contributed by atoms with Crippen molar-refractivity contribution >= 4 is 57.2 Å². The fraction of sp³-hybridized carbons (Fsp3) is 0.0556. The van der Waals surface area contributed by atoms with Crippen molar-refractivity contribution in [3.8, 4) is 16.6 Å². The van der Waals surface area contributed by atoms with E-state index in [1.165, 1.54) is 17.7 Å². The highest BCUT2D eigenvalue weighted by Gasteiger charge is 2.18. The molecule has 0 saturated heterocycles. The van der Waals surface area contributed by atoms with E-state index in [0.29, 0.717) is 38.1 Å². The summed E-state index contributed by atoms with van der Waals surface area (Å²) >= 11 is 7.45. The van der Waals surface area contributed by atoms with Crippen molar-refractivity contribution in [1.82, 2.24) is 19.9 Å². The third kappa shape index (κ3) is 4.11. The Morgan fingerprint density at radius 3 is 2.83 bits per heavy atom. The second-order valence-corrected chi connectivity index (χ2v) is 7.03. The molecule has 4 rings (SSSR count). The molecule has 0 aliphatic carbocycles. The number of nitriles is 1. The van der Waals surface area contributed by atoms with Crippen LogP contribution in [0.4, 0.5) is 16.0 Å². The lowest BCUT2D eigenvalue weighted by Crippen LogP contribution is -1.99. The molecule has 29 heavy (non-hydrogen) atoms. The normalized spacial score (nSPS) is 10.4. The molecule has 0 radical (unpaired) electrons. The number of anilines is 2. The van der Waals surface area contributed by atoms with E-state index >= 15 is 0 Å². The van der Waals surface area contributed by atoms with Crippen molar-refractivity contribution in [2.75, 3.05) is 5.32 Å². The maximum Gasteiger partial charge on any atom is 0.151 e. The smallest absolute Gasteiger partial charge is 0.151 e. The summed E-state index contributed by atoms with van der Waals surface area (Å²) in [5.74, 6) is 0.381. The number of nitrogens with zero attached hydrogens (tertiary/aromatic N) is 5. The summed E-state index contributed by atoms with van der Waals surface area (Å²) in [6.07, 6.45) is 2.92. The van der Waals surface area contributed by atoms with E-state index in [9.17, 15) is 14.8 Å². The quantitative estimate of drug-likeness (QED) is 0.473.